The van der Waals surface area contributed by atoms with Crippen LogP contribution in [0.1, 0.15) is 39.0 Å². The summed E-state index contributed by atoms with van der Waals surface area (Å²) in [5.41, 5.74) is 0.391. The number of phosphoric acid groups is 1. The molecule has 0 saturated carbocycles. The number of quaternary nitrogens is 1. The Bertz CT molecular complexity index is 426. The van der Waals surface area contributed by atoms with E-state index in [1.807, 2.05) is 21.1 Å². The Balaban J connectivity index is 3.97. The number of ether oxygens (including phenoxy) is 1. The molecular formula is C15H31NO6P+. The van der Waals surface area contributed by atoms with Crippen molar-refractivity contribution in [2.75, 3.05) is 34.3 Å². The number of unbranched alkanes of at least 4 members (excludes halogenated alkanes) is 3. The normalized spacial score (nSPS) is 13.7. The van der Waals surface area contributed by atoms with Crippen LogP contribution in [0.25, 0.3) is 0 Å². The van der Waals surface area contributed by atoms with Gasteiger partial charge in [0, 0.05) is 5.57 Å². The maximum Gasteiger partial charge on any atom is 0.470 e. The van der Waals surface area contributed by atoms with Crippen LogP contribution in [0.3, 0.4) is 0 Å². The average Bonchev–Trinajstić information content (AvgIpc) is 2.32. The second-order valence-corrected chi connectivity index (χ2v) is 8.00. The lowest BCUT2D eigenvalue weighted by atomic mass is 10.1. The molecule has 0 aliphatic heterocycles. The highest BCUT2D eigenvalue weighted by Gasteiger charge is 2.26. The van der Waals surface area contributed by atoms with E-state index < -0.39 is 13.9 Å². The van der Waals surface area contributed by atoms with Crippen LogP contribution in [0.5, 0.6) is 0 Å². The first-order chi connectivity index (χ1) is 10.4. The van der Waals surface area contributed by atoms with Gasteiger partial charge in [0.25, 0.3) is 0 Å². The predicted molar refractivity (Wildman–Crippen MR) is 88.7 cm³/mol. The molecule has 0 amide bonds. The number of carbonyl (C=O) groups is 1. The highest BCUT2D eigenvalue weighted by molar-refractivity contribution is 7.46. The summed E-state index contributed by atoms with van der Waals surface area (Å²) in [6.45, 7) is 6.01. The molecule has 0 aromatic carbocycles. The highest BCUT2D eigenvalue weighted by Crippen LogP contribution is 2.38. The second kappa shape index (κ2) is 10.2. The fraction of sp³-hybridized carbons (Fsp3) is 0.800. The molecule has 0 rings (SSSR count). The van der Waals surface area contributed by atoms with Gasteiger partial charge in [-0.25, -0.2) is 9.36 Å². The predicted octanol–water partition coefficient (Wildman–Crippen LogP) is 2.24. The van der Waals surface area contributed by atoms with E-state index in [2.05, 4.69) is 6.58 Å². The first-order valence-corrected chi connectivity index (χ1v) is 9.31. The van der Waals surface area contributed by atoms with Crippen LogP contribution in [0, 0.1) is 0 Å². The van der Waals surface area contributed by atoms with Gasteiger partial charge in [0.05, 0.1) is 27.7 Å². The maximum atomic E-state index is 11.2. The van der Waals surface area contributed by atoms with Crippen LogP contribution in [-0.2, 0) is 18.6 Å². The Labute approximate surface area is 139 Å². The minimum Gasteiger partial charge on any atom is -0.462 e. The van der Waals surface area contributed by atoms with Crippen LogP contribution in [0.2, 0.25) is 0 Å². The molecule has 0 aliphatic rings. The Hall–Kier alpha value is -0.720. The van der Waals surface area contributed by atoms with Gasteiger partial charge in [0.2, 0.25) is 0 Å². The Morgan fingerprint density at radius 2 is 1.74 bits per heavy atom. The van der Waals surface area contributed by atoms with Crippen molar-refractivity contribution in [1.82, 2.24) is 0 Å². The van der Waals surface area contributed by atoms with Gasteiger partial charge in [0.15, 0.2) is 0 Å². The van der Waals surface area contributed by atoms with Gasteiger partial charge in [-0.3, -0.25) is 4.52 Å². The molecule has 0 aromatic heterocycles. The number of hydrogen-bond donors (Lipinski definition) is 2. The fourth-order valence-corrected chi connectivity index (χ4v) is 2.66. The van der Waals surface area contributed by atoms with E-state index in [1.54, 1.807) is 6.92 Å². The topological polar surface area (TPSA) is 93.1 Å². The van der Waals surface area contributed by atoms with Gasteiger partial charge in [-0.05, 0) is 19.8 Å². The largest absolute Gasteiger partial charge is 0.470 e. The molecule has 0 bridgehead atoms. The molecule has 0 aromatic rings. The van der Waals surface area contributed by atoms with Gasteiger partial charge in [-0.1, -0.05) is 25.8 Å². The summed E-state index contributed by atoms with van der Waals surface area (Å²) in [6.07, 6.45) is 3.46. The van der Waals surface area contributed by atoms with Crippen LogP contribution in [-0.4, -0.2) is 60.6 Å². The standard InChI is InChI=1S/C15H30NO6P/c1-13(2)15(17)21-11-9-7-6-8-10-14(12-16(3,4)5)22-23(18,19)20/h14H,1,6-12H2,2-5H3,(H-,18,19,20)/p+1. The van der Waals surface area contributed by atoms with Gasteiger partial charge < -0.3 is 19.0 Å². The van der Waals surface area contributed by atoms with Crippen LogP contribution in [0.15, 0.2) is 12.2 Å². The molecule has 23 heavy (non-hydrogen) atoms. The quantitative estimate of drug-likeness (QED) is 0.184. The molecule has 0 radical (unpaired) electrons. The molecular weight excluding hydrogens is 321 g/mol. The lowest BCUT2D eigenvalue weighted by Crippen LogP contribution is -2.42. The number of phosphoric ester groups is 1. The average molecular weight is 352 g/mol. The molecule has 2 N–H and O–H groups in total. The number of esters is 1. The van der Waals surface area contributed by atoms with Crippen molar-refractivity contribution >= 4 is 13.8 Å². The third-order valence-electron chi connectivity index (χ3n) is 3.04. The minimum atomic E-state index is -4.47. The molecule has 1 unspecified atom stereocenters. The zero-order valence-electron chi connectivity index (χ0n) is 14.7. The maximum absolute atomic E-state index is 11.2. The molecule has 0 fully saturated rings. The SMILES string of the molecule is C=C(C)C(=O)OCCCCCCC(C[N+](C)(C)C)OP(=O)(O)O. The van der Waals surface area contributed by atoms with Crippen molar-refractivity contribution in [1.29, 1.82) is 0 Å². The summed E-state index contributed by atoms with van der Waals surface area (Å²) in [7, 11) is 1.38. The van der Waals surface area contributed by atoms with Gasteiger partial charge in [-0.15, -0.1) is 0 Å². The van der Waals surface area contributed by atoms with Crippen molar-refractivity contribution in [3.63, 3.8) is 0 Å². The molecule has 0 saturated heterocycles. The van der Waals surface area contributed by atoms with Gasteiger partial charge in [-0.2, -0.15) is 0 Å². The monoisotopic (exact) mass is 352 g/mol. The summed E-state index contributed by atoms with van der Waals surface area (Å²) in [4.78, 5) is 29.1. The third-order valence-corrected chi connectivity index (χ3v) is 3.61. The van der Waals surface area contributed by atoms with Crippen molar-refractivity contribution < 1.29 is 32.9 Å². The van der Waals surface area contributed by atoms with E-state index in [4.69, 9.17) is 19.0 Å². The molecule has 7 nitrogen and oxygen atoms in total. The zero-order valence-corrected chi connectivity index (χ0v) is 15.6. The first kappa shape index (κ1) is 22.3. The second-order valence-electron chi connectivity index (χ2n) is 6.81. The van der Waals surface area contributed by atoms with Crippen LogP contribution in [0.4, 0.5) is 0 Å². The fourth-order valence-electron chi connectivity index (χ4n) is 2.10. The molecule has 1 atom stereocenters. The number of rotatable bonds is 12. The van der Waals surface area contributed by atoms with Gasteiger partial charge in [0.1, 0.15) is 12.6 Å². The van der Waals surface area contributed by atoms with Crippen LogP contribution < -0.4 is 0 Å². The van der Waals surface area contributed by atoms with E-state index in [1.165, 1.54) is 0 Å². The van der Waals surface area contributed by atoms with E-state index >= 15 is 0 Å². The lowest BCUT2D eigenvalue weighted by molar-refractivity contribution is -0.873. The molecule has 136 valence electrons. The molecule has 0 aliphatic carbocycles. The van der Waals surface area contributed by atoms with E-state index in [9.17, 15) is 9.36 Å². The molecule has 0 heterocycles. The van der Waals surface area contributed by atoms with E-state index in [0.717, 1.165) is 25.7 Å². The Kier molecular flexibility index (Phi) is 9.89. The van der Waals surface area contributed by atoms with E-state index in [-0.39, 0.29) is 5.97 Å². The minimum absolute atomic E-state index is 0.368. The van der Waals surface area contributed by atoms with Gasteiger partial charge >= 0.3 is 13.8 Å². The Morgan fingerprint density at radius 1 is 1.17 bits per heavy atom. The highest BCUT2D eigenvalue weighted by atomic mass is 31.2. The number of carbonyl (C=O) groups excluding carboxylic acids is 1. The van der Waals surface area contributed by atoms with Crippen molar-refractivity contribution in [3.05, 3.63) is 12.2 Å². The first-order valence-electron chi connectivity index (χ1n) is 7.78. The van der Waals surface area contributed by atoms with Crippen molar-refractivity contribution in [3.8, 4) is 0 Å². The smallest absolute Gasteiger partial charge is 0.462 e. The zero-order chi connectivity index (χ0) is 18.1. The summed E-state index contributed by atoms with van der Waals surface area (Å²) in [5, 5.41) is 0. The molecule has 0 spiro atoms. The number of likely N-dealkylation sites (N-methyl/N-ethyl adjacent to an activating group) is 1. The summed E-state index contributed by atoms with van der Waals surface area (Å²) >= 11 is 0. The summed E-state index contributed by atoms with van der Waals surface area (Å²) in [6, 6.07) is 0. The third kappa shape index (κ3) is 14.6. The molecule has 8 heteroatoms. The lowest BCUT2D eigenvalue weighted by Gasteiger charge is -2.29. The van der Waals surface area contributed by atoms with Crippen LogP contribution >= 0.6 is 7.82 Å². The Morgan fingerprint density at radius 3 is 2.22 bits per heavy atom. The number of hydrogen-bond acceptors (Lipinski definition) is 4. The summed E-state index contributed by atoms with van der Waals surface area (Å²) < 4.78 is 21.5. The summed E-state index contributed by atoms with van der Waals surface area (Å²) in [5.74, 6) is -0.372. The van der Waals surface area contributed by atoms with Crippen molar-refractivity contribution in [2.45, 2.75) is 45.1 Å². The van der Waals surface area contributed by atoms with Crippen molar-refractivity contribution in [2.24, 2.45) is 0 Å². The van der Waals surface area contributed by atoms with E-state index in [0.29, 0.717) is 29.6 Å². The number of nitrogens with zero attached hydrogens (tertiary/aromatic N) is 1.